The number of likely N-dealkylation sites (tertiary alicyclic amines) is 2. The third-order valence-electron chi connectivity index (χ3n) is 6.40. The van der Waals surface area contributed by atoms with Gasteiger partial charge in [0.05, 0.1) is 0 Å². The highest BCUT2D eigenvalue weighted by molar-refractivity contribution is 5.78. The van der Waals surface area contributed by atoms with Gasteiger partial charge in [0.2, 0.25) is 11.8 Å². The van der Waals surface area contributed by atoms with E-state index in [4.69, 9.17) is 0 Å². The Hall–Kier alpha value is -1.84. The fraction of sp³-hybridized carbons (Fsp3) is 0.652. The van der Waals surface area contributed by atoms with Crippen molar-refractivity contribution in [1.29, 1.82) is 0 Å². The minimum absolute atomic E-state index is 0.225. The molecule has 2 aliphatic rings. The zero-order chi connectivity index (χ0) is 19.6. The Morgan fingerprint density at radius 1 is 1.07 bits per heavy atom. The number of carbonyl (C=O) groups excluding carboxylic acids is 2. The highest BCUT2D eigenvalue weighted by atomic mass is 16.2. The average molecular weight is 371 g/mol. The van der Waals surface area contributed by atoms with Gasteiger partial charge in [0.25, 0.3) is 0 Å². The Kier molecular flexibility index (Phi) is 5.92. The fourth-order valence-corrected chi connectivity index (χ4v) is 4.78. The van der Waals surface area contributed by atoms with Gasteiger partial charge in [0.1, 0.15) is 0 Å². The third-order valence-corrected chi connectivity index (χ3v) is 6.40. The summed E-state index contributed by atoms with van der Waals surface area (Å²) < 4.78 is 0. The first-order chi connectivity index (χ1) is 12.8. The molecule has 0 aliphatic carbocycles. The Balaban J connectivity index is 1.52. The van der Waals surface area contributed by atoms with Gasteiger partial charge in [-0.1, -0.05) is 29.3 Å². The van der Waals surface area contributed by atoms with E-state index < -0.39 is 0 Å². The molecule has 27 heavy (non-hydrogen) atoms. The minimum atomic E-state index is 0.225. The lowest BCUT2D eigenvalue weighted by molar-refractivity contribution is -0.144. The summed E-state index contributed by atoms with van der Waals surface area (Å²) in [4.78, 5) is 29.0. The third kappa shape index (κ3) is 4.72. The van der Waals surface area contributed by atoms with E-state index in [2.05, 4.69) is 45.9 Å². The van der Waals surface area contributed by atoms with Crippen LogP contribution in [0.2, 0.25) is 0 Å². The molecule has 0 bridgehead atoms. The summed E-state index contributed by atoms with van der Waals surface area (Å²) in [7, 11) is 0. The van der Waals surface area contributed by atoms with Crippen LogP contribution in [0.4, 0.5) is 0 Å². The molecule has 0 radical (unpaired) electrons. The van der Waals surface area contributed by atoms with E-state index in [0.717, 1.165) is 45.3 Å². The van der Waals surface area contributed by atoms with Gasteiger partial charge >= 0.3 is 0 Å². The average Bonchev–Trinajstić information content (AvgIpc) is 2.62. The second kappa shape index (κ2) is 8.04. The lowest BCUT2D eigenvalue weighted by atomic mass is 9.72. The number of piperidine rings is 2. The van der Waals surface area contributed by atoms with Gasteiger partial charge < -0.3 is 9.80 Å². The van der Waals surface area contributed by atoms with Crippen molar-refractivity contribution >= 4 is 11.8 Å². The summed E-state index contributed by atoms with van der Waals surface area (Å²) in [6.45, 7) is 11.0. The van der Waals surface area contributed by atoms with Gasteiger partial charge in [-0.3, -0.25) is 9.59 Å². The van der Waals surface area contributed by atoms with Crippen LogP contribution < -0.4 is 0 Å². The second-order valence-electron chi connectivity index (χ2n) is 8.99. The summed E-state index contributed by atoms with van der Waals surface area (Å²) in [6, 6.07) is 6.81. The van der Waals surface area contributed by atoms with Crippen molar-refractivity contribution in [2.75, 3.05) is 19.6 Å². The smallest absolute Gasteiger partial charge is 0.222 e. The van der Waals surface area contributed by atoms with Crippen molar-refractivity contribution < 1.29 is 9.59 Å². The van der Waals surface area contributed by atoms with Crippen LogP contribution in [-0.4, -0.2) is 47.3 Å². The van der Waals surface area contributed by atoms with Crippen molar-refractivity contribution in [2.45, 2.75) is 72.3 Å². The molecule has 2 heterocycles. The molecule has 2 aliphatic heterocycles. The van der Waals surface area contributed by atoms with Crippen molar-refractivity contribution in [3.63, 3.8) is 0 Å². The molecular formula is C23H34N2O2. The first kappa shape index (κ1) is 19.9. The summed E-state index contributed by atoms with van der Waals surface area (Å²) in [5.41, 5.74) is 4.01. The molecular weight excluding hydrogens is 336 g/mol. The van der Waals surface area contributed by atoms with Crippen LogP contribution in [-0.2, 0) is 16.0 Å². The maximum atomic E-state index is 12.7. The summed E-state index contributed by atoms with van der Waals surface area (Å²) in [5, 5.41) is 0. The molecule has 0 saturated carbocycles. The highest BCUT2D eigenvalue weighted by Gasteiger charge is 2.42. The normalized spacial score (nSPS) is 19.8. The Morgan fingerprint density at radius 3 is 2.30 bits per heavy atom. The molecule has 4 nitrogen and oxygen atoms in total. The predicted octanol–water partition coefficient (Wildman–Crippen LogP) is 3.88. The minimum Gasteiger partial charge on any atom is -0.343 e. The zero-order valence-electron chi connectivity index (χ0n) is 17.4. The van der Waals surface area contributed by atoms with Gasteiger partial charge in [-0.05, 0) is 64.4 Å². The number of benzene rings is 1. The molecule has 2 fully saturated rings. The molecule has 1 spiro atoms. The van der Waals surface area contributed by atoms with Crippen molar-refractivity contribution in [3.8, 4) is 0 Å². The van der Waals surface area contributed by atoms with Crippen LogP contribution in [0.5, 0.6) is 0 Å². The summed E-state index contributed by atoms with van der Waals surface area (Å²) in [6.07, 6.45) is 5.11. The number of hydrogen-bond donors (Lipinski definition) is 0. The molecule has 0 N–H and O–H groups in total. The maximum Gasteiger partial charge on any atom is 0.222 e. The number of hydrogen-bond acceptors (Lipinski definition) is 2. The monoisotopic (exact) mass is 370 g/mol. The molecule has 1 aromatic carbocycles. The van der Waals surface area contributed by atoms with E-state index in [1.807, 2.05) is 9.80 Å². The van der Waals surface area contributed by atoms with Crippen LogP contribution >= 0.6 is 0 Å². The number of rotatable bonds is 4. The van der Waals surface area contributed by atoms with Gasteiger partial charge in [0, 0.05) is 38.5 Å². The highest BCUT2D eigenvalue weighted by Crippen LogP contribution is 2.40. The molecule has 4 heteroatoms. The predicted molar refractivity (Wildman–Crippen MR) is 109 cm³/mol. The molecule has 3 rings (SSSR count). The Labute approximate surface area is 163 Å². The summed E-state index contributed by atoms with van der Waals surface area (Å²) >= 11 is 0. The number of carbonyl (C=O) groups is 2. The Bertz CT molecular complexity index is 682. The topological polar surface area (TPSA) is 40.6 Å². The van der Waals surface area contributed by atoms with Crippen LogP contribution in [0.3, 0.4) is 0 Å². The molecule has 148 valence electrons. The quantitative estimate of drug-likeness (QED) is 0.807. The number of nitrogens with zero attached hydrogens (tertiary/aromatic N) is 2. The van der Waals surface area contributed by atoms with Gasteiger partial charge in [0.15, 0.2) is 0 Å². The lowest BCUT2D eigenvalue weighted by Crippen LogP contribution is -2.54. The fourth-order valence-electron chi connectivity index (χ4n) is 4.78. The van der Waals surface area contributed by atoms with Crippen LogP contribution in [0.1, 0.15) is 62.6 Å². The van der Waals surface area contributed by atoms with E-state index in [-0.39, 0.29) is 17.4 Å². The van der Waals surface area contributed by atoms with E-state index in [0.29, 0.717) is 18.7 Å². The molecule has 0 aromatic heterocycles. The largest absolute Gasteiger partial charge is 0.343 e. The standard InChI is InChI=1S/C23H34N2O2/c1-17(2)25-16-23(8-7-22(25)27)9-11-24(12-10-23)21(26)6-5-20-14-18(3)13-19(4)15-20/h13-15,17H,5-12,16H2,1-4H3. The van der Waals surface area contributed by atoms with Crippen LogP contribution in [0, 0.1) is 19.3 Å². The first-order valence-corrected chi connectivity index (χ1v) is 10.4. The van der Waals surface area contributed by atoms with Crippen molar-refractivity contribution in [1.82, 2.24) is 9.80 Å². The van der Waals surface area contributed by atoms with Crippen LogP contribution in [0.15, 0.2) is 18.2 Å². The van der Waals surface area contributed by atoms with E-state index in [1.54, 1.807) is 0 Å². The van der Waals surface area contributed by atoms with Gasteiger partial charge in [-0.2, -0.15) is 0 Å². The van der Waals surface area contributed by atoms with Crippen LogP contribution in [0.25, 0.3) is 0 Å². The number of aryl methyl sites for hydroxylation is 3. The molecule has 1 aromatic rings. The maximum absolute atomic E-state index is 12.7. The van der Waals surface area contributed by atoms with Gasteiger partial charge in [-0.15, -0.1) is 0 Å². The first-order valence-electron chi connectivity index (χ1n) is 10.4. The summed E-state index contributed by atoms with van der Waals surface area (Å²) in [5.74, 6) is 0.569. The van der Waals surface area contributed by atoms with E-state index in [9.17, 15) is 9.59 Å². The van der Waals surface area contributed by atoms with Crippen molar-refractivity contribution in [3.05, 3.63) is 34.9 Å². The molecule has 2 saturated heterocycles. The Morgan fingerprint density at radius 2 is 1.70 bits per heavy atom. The molecule has 0 unspecified atom stereocenters. The number of amides is 2. The lowest BCUT2D eigenvalue weighted by Gasteiger charge is -2.48. The van der Waals surface area contributed by atoms with E-state index >= 15 is 0 Å². The SMILES string of the molecule is Cc1cc(C)cc(CCC(=O)N2CCC3(CCC(=O)N(C(C)C)C3)CC2)c1. The van der Waals surface area contributed by atoms with Crippen molar-refractivity contribution in [2.24, 2.45) is 5.41 Å². The van der Waals surface area contributed by atoms with Gasteiger partial charge in [-0.25, -0.2) is 0 Å². The van der Waals surface area contributed by atoms with E-state index in [1.165, 1.54) is 16.7 Å². The molecule has 0 atom stereocenters. The second-order valence-corrected chi connectivity index (χ2v) is 8.99. The zero-order valence-corrected chi connectivity index (χ0v) is 17.4. The molecule has 2 amide bonds.